The van der Waals surface area contributed by atoms with E-state index in [0.29, 0.717) is 12.2 Å². The minimum atomic E-state index is -1.17. The Morgan fingerprint density at radius 2 is 1.96 bits per heavy atom. The molecule has 10 heteroatoms. The van der Waals surface area contributed by atoms with Crippen LogP contribution in [0.1, 0.15) is 26.2 Å². The summed E-state index contributed by atoms with van der Waals surface area (Å²) in [5.41, 5.74) is 0. The molecule has 0 aliphatic carbocycles. The molecule has 3 unspecified atom stereocenters. The van der Waals surface area contributed by atoms with Gasteiger partial charge < -0.3 is 26.4 Å². The number of carboxylic acids is 1. The maximum absolute atomic E-state index is 12.4. The fourth-order valence-corrected chi connectivity index (χ4v) is 2.85. The van der Waals surface area contributed by atoms with Crippen LogP contribution in [0, 0.1) is 0 Å². The van der Waals surface area contributed by atoms with Gasteiger partial charge in [-0.05, 0) is 44.7 Å². The molecule has 0 spiro atoms. The predicted molar refractivity (Wildman–Crippen MR) is 94.2 cm³/mol. The van der Waals surface area contributed by atoms with Crippen molar-refractivity contribution in [2.75, 3.05) is 25.1 Å². The maximum atomic E-state index is 12.4. The summed E-state index contributed by atoms with van der Waals surface area (Å²) >= 11 is 1.55. The van der Waals surface area contributed by atoms with Crippen LogP contribution in [0.15, 0.2) is 0 Å². The van der Waals surface area contributed by atoms with Crippen molar-refractivity contribution in [1.29, 1.82) is 0 Å². The van der Waals surface area contributed by atoms with Crippen molar-refractivity contribution in [3.05, 3.63) is 0 Å². The van der Waals surface area contributed by atoms with Crippen LogP contribution in [0.25, 0.3) is 0 Å². The molecule has 0 aromatic carbocycles. The molecule has 1 fully saturated rings. The number of aliphatic carboxylic acids is 1. The lowest BCUT2D eigenvalue weighted by Crippen LogP contribution is -2.55. The molecule has 0 saturated carbocycles. The zero-order chi connectivity index (χ0) is 18.8. The number of carboxylic acid groups (broad SMARTS) is 1. The second-order valence-corrected chi connectivity index (χ2v) is 6.82. The van der Waals surface area contributed by atoms with Crippen molar-refractivity contribution in [2.45, 2.75) is 44.3 Å². The van der Waals surface area contributed by atoms with Gasteiger partial charge in [0.05, 0.1) is 6.04 Å². The highest BCUT2D eigenvalue weighted by Crippen LogP contribution is 2.07. The molecule has 0 radical (unpaired) electrons. The van der Waals surface area contributed by atoms with Gasteiger partial charge in [-0.3, -0.25) is 19.2 Å². The first kappa shape index (κ1) is 21.2. The lowest BCUT2D eigenvalue weighted by Gasteiger charge is -2.22. The highest BCUT2D eigenvalue weighted by Gasteiger charge is 2.28. The Hall–Kier alpha value is -1.81. The van der Waals surface area contributed by atoms with Gasteiger partial charge in [-0.15, -0.1) is 0 Å². The van der Waals surface area contributed by atoms with Crippen molar-refractivity contribution in [2.24, 2.45) is 0 Å². The molecular formula is C15H26N4O5S. The number of rotatable bonds is 10. The molecule has 1 rings (SSSR count). The topological polar surface area (TPSA) is 137 Å². The Bertz CT molecular complexity index is 496. The van der Waals surface area contributed by atoms with Gasteiger partial charge in [-0.2, -0.15) is 11.8 Å². The minimum Gasteiger partial charge on any atom is -0.480 e. The molecule has 0 aromatic heterocycles. The monoisotopic (exact) mass is 374 g/mol. The van der Waals surface area contributed by atoms with Crippen molar-refractivity contribution in [3.8, 4) is 0 Å². The number of carbonyl (C=O) groups is 4. The maximum Gasteiger partial charge on any atom is 0.322 e. The molecule has 5 N–H and O–H groups in total. The van der Waals surface area contributed by atoms with Gasteiger partial charge >= 0.3 is 5.97 Å². The Morgan fingerprint density at radius 1 is 1.24 bits per heavy atom. The third-order valence-electron chi connectivity index (χ3n) is 3.79. The summed E-state index contributed by atoms with van der Waals surface area (Å²) in [4.78, 5) is 46.8. The van der Waals surface area contributed by atoms with E-state index in [2.05, 4.69) is 21.3 Å². The second kappa shape index (κ2) is 10.9. The fourth-order valence-electron chi connectivity index (χ4n) is 2.38. The van der Waals surface area contributed by atoms with Gasteiger partial charge in [0.1, 0.15) is 18.6 Å². The summed E-state index contributed by atoms with van der Waals surface area (Å²) in [6, 6.07) is -1.93. The Morgan fingerprint density at radius 3 is 2.52 bits per heavy atom. The highest BCUT2D eigenvalue weighted by atomic mass is 32.2. The first-order chi connectivity index (χ1) is 11.8. The van der Waals surface area contributed by atoms with Crippen LogP contribution in [0.3, 0.4) is 0 Å². The van der Waals surface area contributed by atoms with Crippen molar-refractivity contribution < 1.29 is 24.3 Å². The van der Waals surface area contributed by atoms with E-state index in [0.717, 1.165) is 19.4 Å². The molecule has 1 aliphatic heterocycles. The molecule has 1 saturated heterocycles. The van der Waals surface area contributed by atoms with E-state index in [1.807, 2.05) is 6.26 Å². The van der Waals surface area contributed by atoms with E-state index in [1.54, 1.807) is 11.8 Å². The number of nitrogens with one attached hydrogen (secondary N) is 4. The van der Waals surface area contributed by atoms with Crippen LogP contribution in [0.4, 0.5) is 0 Å². The van der Waals surface area contributed by atoms with Crippen LogP contribution in [-0.4, -0.2) is 72.0 Å². The van der Waals surface area contributed by atoms with Crippen LogP contribution in [-0.2, 0) is 19.2 Å². The summed E-state index contributed by atoms with van der Waals surface area (Å²) in [7, 11) is 0. The Kier molecular flexibility index (Phi) is 9.28. The van der Waals surface area contributed by atoms with Gasteiger partial charge in [0, 0.05) is 0 Å². The van der Waals surface area contributed by atoms with Gasteiger partial charge in [0.25, 0.3) is 0 Å². The molecular weight excluding hydrogens is 348 g/mol. The summed E-state index contributed by atoms with van der Waals surface area (Å²) in [5.74, 6) is -1.76. The molecule has 9 nitrogen and oxygen atoms in total. The van der Waals surface area contributed by atoms with E-state index in [1.165, 1.54) is 6.92 Å². The SMILES string of the molecule is CSCCC(NC(=O)C1CCCN1)C(=O)NC(C)C(=O)NCC(=O)O. The molecule has 0 bridgehead atoms. The zero-order valence-corrected chi connectivity index (χ0v) is 15.3. The van der Waals surface area contributed by atoms with Crippen LogP contribution < -0.4 is 21.3 Å². The van der Waals surface area contributed by atoms with Gasteiger partial charge in [0.2, 0.25) is 17.7 Å². The first-order valence-corrected chi connectivity index (χ1v) is 9.57. The molecule has 25 heavy (non-hydrogen) atoms. The zero-order valence-electron chi connectivity index (χ0n) is 14.5. The molecule has 1 aliphatic rings. The molecule has 3 amide bonds. The second-order valence-electron chi connectivity index (χ2n) is 5.83. The fraction of sp³-hybridized carbons (Fsp3) is 0.733. The highest BCUT2D eigenvalue weighted by molar-refractivity contribution is 7.98. The van der Waals surface area contributed by atoms with Gasteiger partial charge in [0.15, 0.2) is 0 Å². The van der Waals surface area contributed by atoms with Crippen molar-refractivity contribution in [3.63, 3.8) is 0 Å². The van der Waals surface area contributed by atoms with E-state index in [9.17, 15) is 19.2 Å². The lowest BCUT2D eigenvalue weighted by molar-refractivity contribution is -0.138. The summed E-state index contributed by atoms with van der Waals surface area (Å²) in [6.07, 6.45) is 3.99. The molecule has 3 atom stereocenters. The predicted octanol–water partition coefficient (Wildman–Crippen LogP) is -1.32. The summed E-state index contributed by atoms with van der Waals surface area (Å²) in [5, 5.41) is 19.1. The van der Waals surface area contributed by atoms with Gasteiger partial charge in [-0.1, -0.05) is 0 Å². The largest absolute Gasteiger partial charge is 0.480 e. The summed E-state index contributed by atoms with van der Waals surface area (Å²) in [6.45, 7) is 1.72. The van der Waals surface area contributed by atoms with Gasteiger partial charge in [-0.25, -0.2) is 0 Å². The van der Waals surface area contributed by atoms with Crippen LogP contribution in [0.5, 0.6) is 0 Å². The lowest BCUT2D eigenvalue weighted by atomic mass is 10.1. The minimum absolute atomic E-state index is 0.221. The average molecular weight is 374 g/mol. The number of amides is 3. The van der Waals surface area contributed by atoms with Crippen molar-refractivity contribution >= 4 is 35.5 Å². The smallest absolute Gasteiger partial charge is 0.322 e. The van der Waals surface area contributed by atoms with E-state index < -0.39 is 36.4 Å². The Labute approximate surface area is 151 Å². The summed E-state index contributed by atoms with van der Waals surface area (Å²) < 4.78 is 0. The standard InChI is InChI=1S/C15H26N4O5S/c1-9(13(22)17-8-12(20)21)18-15(24)11(5-7-25-2)19-14(23)10-4-3-6-16-10/h9-11,16H,3-8H2,1-2H3,(H,17,22)(H,18,24)(H,19,23)(H,20,21). The first-order valence-electron chi connectivity index (χ1n) is 8.17. The normalized spacial score (nSPS) is 18.9. The third-order valence-corrected chi connectivity index (χ3v) is 4.43. The number of hydrogen-bond acceptors (Lipinski definition) is 6. The molecule has 1 heterocycles. The number of thioether (sulfide) groups is 1. The number of carbonyl (C=O) groups excluding carboxylic acids is 3. The van der Waals surface area contributed by atoms with E-state index in [4.69, 9.17) is 5.11 Å². The third kappa shape index (κ3) is 7.74. The Balaban J connectivity index is 2.57. The van der Waals surface area contributed by atoms with Crippen LogP contribution in [0.2, 0.25) is 0 Å². The quantitative estimate of drug-likeness (QED) is 0.320. The van der Waals surface area contributed by atoms with Crippen molar-refractivity contribution in [1.82, 2.24) is 21.3 Å². The van der Waals surface area contributed by atoms with Crippen LogP contribution >= 0.6 is 11.8 Å². The number of hydrogen-bond donors (Lipinski definition) is 5. The van der Waals surface area contributed by atoms with E-state index in [-0.39, 0.29) is 11.9 Å². The molecule has 142 valence electrons. The average Bonchev–Trinajstić information content (AvgIpc) is 3.10. The van der Waals surface area contributed by atoms with E-state index >= 15 is 0 Å². The molecule has 0 aromatic rings.